The number of aryl methyl sites for hydroxylation is 2. The predicted octanol–water partition coefficient (Wildman–Crippen LogP) is 3.36. The Hall–Kier alpha value is -3.08. The van der Waals surface area contributed by atoms with Crippen molar-refractivity contribution in [2.24, 2.45) is 0 Å². The summed E-state index contributed by atoms with van der Waals surface area (Å²) in [6, 6.07) is 13.9. The number of ether oxygens (including phenoxy) is 2. The summed E-state index contributed by atoms with van der Waals surface area (Å²) in [5, 5.41) is 0. The van der Waals surface area contributed by atoms with Crippen LogP contribution in [0.1, 0.15) is 33.0 Å². The molecule has 1 aromatic carbocycles. The average Bonchev–Trinajstić information content (AvgIpc) is 3.23. The summed E-state index contributed by atoms with van der Waals surface area (Å²) in [6.45, 7) is 7.37. The van der Waals surface area contributed by atoms with Crippen molar-refractivity contribution in [2.45, 2.75) is 33.9 Å². The van der Waals surface area contributed by atoms with Gasteiger partial charge in [-0.1, -0.05) is 12.1 Å². The van der Waals surface area contributed by atoms with Gasteiger partial charge in [-0.05, 0) is 37.6 Å². The summed E-state index contributed by atoms with van der Waals surface area (Å²) in [5.74, 6) is 1.69. The van der Waals surface area contributed by atoms with Crippen LogP contribution < -0.4 is 14.0 Å². The Kier molecular flexibility index (Phi) is 4.44. The second-order valence-corrected chi connectivity index (χ2v) is 6.95. The van der Waals surface area contributed by atoms with E-state index >= 15 is 0 Å². The number of carbonyl (C=O) groups excluding carboxylic acids is 1. The van der Waals surface area contributed by atoms with Crippen molar-refractivity contribution < 1.29 is 18.8 Å². The van der Waals surface area contributed by atoms with E-state index in [9.17, 15) is 4.79 Å². The zero-order chi connectivity index (χ0) is 19.0. The van der Waals surface area contributed by atoms with Gasteiger partial charge in [-0.2, -0.15) is 4.57 Å². The van der Waals surface area contributed by atoms with Gasteiger partial charge in [0.05, 0.1) is 0 Å². The number of hydrogen-bond acceptors (Lipinski definition) is 3. The topological polar surface area (TPSA) is 44.3 Å². The number of Topliss-reactive ketones (excluding diaryl/α,β-unsaturated/α-hetero) is 1. The van der Waals surface area contributed by atoms with Crippen LogP contribution in [-0.4, -0.2) is 17.1 Å². The van der Waals surface area contributed by atoms with E-state index in [0.29, 0.717) is 13.1 Å². The molecule has 0 saturated carbocycles. The highest BCUT2D eigenvalue weighted by Gasteiger charge is 2.21. The molecule has 138 valence electrons. The Morgan fingerprint density at radius 3 is 2.70 bits per heavy atom. The zero-order valence-corrected chi connectivity index (χ0v) is 15.9. The summed E-state index contributed by atoms with van der Waals surface area (Å²) < 4.78 is 15.0. The fourth-order valence-corrected chi connectivity index (χ4v) is 3.53. The SMILES string of the molecule is Cc1cc(C(=O)C[n+]2ccccc2C)c(C)n1Cc1ccc2c(c1)OCO2. The molecule has 0 spiro atoms. The molecule has 0 atom stereocenters. The van der Waals surface area contributed by atoms with Crippen LogP contribution in [0.5, 0.6) is 11.5 Å². The molecule has 2 aromatic heterocycles. The van der Waals surface area contributed by atoms with Crippen molar-refractivity contribution >= 4 is 5.78 Å². The first-order valence-corrected chi connectivity index (χ1v) is 9.06. The van der Waals surface area contributed by atoms with Gasteiger partial charge in [-0.15, -0.1) is 0 Å². The first kappa shape index (κ1) is 17.3. The molecule has 0 aliphatic carbocycles. The molecule has 1 aliphatic rings. The predicted molar refractivity (Wildman–Crippen MR) is 101 cm³/mol. The van der Waals surface area contributed by atoms with Crippen molar-refractivity contribution in [2.75, 3.05) is 6.79 Å². The third kappa shape index (κ3) is 3.33. The lowest BCUT2D eigenvalue weighted by molar-refractivity contribution is -0.689. The highest BCUT2D eigenvalue weighted by molar-refractivity contribution is 5.96. The number of ketones is 1. The molecule has 0 bridgehead atoms. The van der Waals surface area contributed by atoms with Crippen LogP contribution in [0.15, 0.2) is 48.7 Å². The normalized spacial score (nSPS) is 12.4. The lowest BCUT2D eigenvalue weighted by Gasteiger charge is -2.10. The zero-order valence-electron chi connectivity index (χ0n) is 15.9. The van der Waals surface area contributed by atoms with E-state index in [0.717, 1.165) is 39.7 Å². The molecule has 0 fully saturated rings. The third-order valence-electron chi connectivity index (χ3n) is 5.13. The summed E-state index contributed by atoms with van der Waals surface area (Å²) in [7, 11) is 0. The van der Waals surface area contributed by atoms with Gasteiger partial charge < -0.3 is 14.0 Å². The molecule has 3 aromatic rings. The molecular formula is C22H23N2O3+. The van der Waals surface area contributed by atoms with Crippen molar-refractivity contribution in [3.8, 4) is 11.5 Å². The quantitative estimate of drug-likeness (QED) is 0.516. The van der Waals surface area contributed by atoms with Gasteiger partial charge in [0.1, 0.15) is 0 Å². The molecule has 0 radical (unpaired) electrons. The Morgan fingerprint density at radius 1 is 1.07 bits per heavy atom. The minimum atomic E-state index is 0.124. The number of fused-ring (bicyclic) bond motifs is 1. The monoisotopic (exact) mass is 363 g/mol. The summed E-state index contributed by atoms with van der Waals surface area (Å²) >= 11 is 0. The smallest absolute Gasteiger partial charge is 0.231 e. The van der Waals surface area contributed by atoms with E-state index in [1.807, 2.05) is 74.0 Å². The Bertz CT molecular complexity index is 1020. The Balaban J connectivity index is 1.58. The van der Waals surface area contributed by atoms with Crippen molar-refractivity contribution in [3.63, 3.8) is 0 Å². The van der Waals surface area contributed by atoms with Crippen LogP contribution in [0.2, 0.25) is 0 Å². The van der Waals surface area contributed by atoms with E-state index in [-0.39, 0.29) is 12.6 Å². The Labute approximate surface area is 158 Å². The fraction of sp³-hybridized carbons (Fsp3) is 0.273. The Morgan fingerprint density at radius 2 is 1.89 bits per heavy atom. The van der Waals surface area contributed by atoms with E-state index < -0.39 is 0 Å². The highest BCUT2D eigenvalue weighted by atomic mass is 16.7. The first-order chi connectivity index (χ1) is 13.0. The minimum Gasteiger partial charge on any atom is -0.454 e. The molecule has 27 heavy (non-hydrogen) atoms. The number of rotatable bonds is 5. The minimum absolute atomic E-state index is 0.124. The largest absolute Gasteiger partial charge is 0.454 e. The molecule has 5 heteroatoms. The number of pyridine rings is 1. The average molecular weight is 363 g/mol. The van der Waals surface area contributed by atoms with E-state index in [2.05, 4.69) is 4.57 Å². The van der Waals surface area contributed by atoms with Gasteiger partial charge >= 0.3 is 0 Å². The van der Waals surface area contributed by atoms with Crippen LogP contribution in [0.25, 0.3) is 0 Å². The number of aromatic nitrogens is 2. The van der Waals surface area contributed by atoms with Gasteiger partial charge in [-0.25, -0.2) is 0 Å². The third-order valence-corrected chi connectivity index (χ3v) is 5.13. The van der Waals surface area contributed by atoms with Crippen LogP contribution in [0.4, 0.5) is 0 Å². The molecule has 4 rings (SSSR count). The molecular weight excluding hydrogens is 340 g/mol. The van der Waals surface area contributed by atoms with Gasteiger partial charge in [0.25, 0.3) is 0 Å². The number of benzene rings is 1. The molecule has 0 unspecified atom stereocenters. The molecule has 5 nitrogen and oxygen atoms in total. The lowest BCUT2D eigenvalue weighted by Crippen LogP contribution is -2.40. The number of carbonyl (C=O) groups is 1. The van der Waals surface area contributed by atoms with Crippen LogP contribution in [0.3, 0.4) is 0 Å². The standard InChI is InChI=1S/C22H23N2O3/c1-15-6-4-5-9-23(15)13-20(25)19-10-16(2)24(17(19)3)12-18-7-8-21-22(11-18)27-14-26-21/h4-11H,12-14H2,1-3H3/q+1. The maximum absolute atomic E-state index is 12.9. The van der Waals surface area contributed by atoms with Crippen molar-refractivity contribution in [1.29, 1.82) is 0 Å². The molecule has 0 N–H and O–H groups in total. The second kappa shape index (κ2) is 6.91. The maximum Gasteiger partial charge on any atom is 0.231 e. The summed E-state index contributed by atoms with van der Waals surface area (Å²) in [6.07, 6.45) is 1.94. The van der Waals surface area contributed by atoms with Crippen molar-refractivity contribution in [1.82, 2.24) is 4.57 Å². The molecule has 1 aliphatic heterocycles. The van der Waals surface area contributed by atoms with Crippen LogP contribution >= 0.6 is 0 Å². The molecule has 3 heterocycles. The van der Waals surface area contributed by atoms with Gasteiger partial charge in [-0.3, -0.25) is 4.79 Å². The molecule has 0 saturated heterocycles. The van der Waals surface area contributed by atoms with Crippen molar-refractivity contribution in [3.05, 3.63) is 76.9 Å². The van der Waals surface area contributed by atoms with E-state index in [1.165, 1.54) is 0 Å². The van der Waals surface area contributed by atoms with E-state index in [4.69, 9.17) is 9.47 Å². The second-order valence-electron chi connectivity index (χ2n) is 6.95. The first-order valence-electron chi connectivity index (χ1n) is 9.06. The molecule has 0 amide bonds. The van der Waals surface area contributed by atoms with Crippen LogP contribution in [0, 0.1) is 20.8 Å². The maximum atomic E-state index is 12.9. The number of hydrogen-bond donors (Lipinski definition) is 0. The number of nitrogens with zero attached hydrogens (tertiary/aromatic N) is 2. The summed E-state index contributed by atoms with van der Waals surface area (Å²) in [4.78, 5) is 12.9. The van der Waals surface area contributed by atoms with Crippen LogP contribution in [-0.2, 0) is 13.1 Å². The lowest BCUT2D eigenvalue weighted by atomic mass is 10.1. The van der Waals surface area contributed by atoms with Gasteiger partial charge in [0.15, 0.2) is 23.4 Å². The van der Waals surface area contributed by atoms with E-state index in [1.54, 1.807) is 0 Å². The highest BCUT2D eigenvalue weighted by Crippen LogP contribution is 2.33. The van der Waals surface area contributed by atoms with Gasteiger partial charge in [0, 0.05) is 42.6 Å². The van der Waals surface area contributed by atoms with Gasteiger partial charge in [0.2, 0.25) is 19.1 Å². The summed E-state index contributed by atoms with van der Waals surface area (Å²) in [5.41, 5.74) is 5.03. The fourth-order valence-electron chi connectivity index (χ4n) is 3.53.